The van der Waals surface area contributed by atoms with Crippen LogP contribution in [0.25, 0.3) is 0 Å². The van der Waals surface area contributed by atoms with Crippen molar-refractivity contribution in [3.63, 3.8) is 0 Å². The summed E-state index contributed by atoms with van der Waals surface area (Å²) < 4.78 is 19.8. The van der Waals surface area contributed by atoms with Gasteiger partial charge in [0.05, 0.1) is 18.8 Å². The molecular formula is C25H32FN3O2. The fourth-order valence-corrected chi connectivity index (χ4v) is 4.59. The van der Waals surface area contributed by atoms with Gasteiger partial charge in [-0.15, -0.1) is 0 Å². The van der Waals surface area contributed by atoms with Crippen molar-refractivity contribution in [2.24, 2.45) is 0 Å². The second-order valence-corrected chi connectivity index (χ2v) is 8.75. The molecule has 1 saturated heterocycles. The zero-order valence-electron chi connectivity index (χ0n) is 18.3. The number of hydrogen-bond acceptors (Lipinski definition) is 4. The number of nitrogens with zero attached hydrogens (tertiary/aromatic N) is 3. The summed E-state index contributed by atoms with van der Waals surface area (Å²) in [5.41, 5.74) is 2.48. The summed E-state index contributed by atoms with van der Waals surface area (Å²) in [4.78, 5) is 21.5. The van der Waals surface area contributed by atoms with E-state index in [1.165, 1.54) is 25.3 Å². The summed E-state index contributed by atoms with van der Waals surface area (Å²) in [6, 6.07) is 11.2. The Balaban J connectivity index is 1.32. The number of benzene rings is 1. The monoisotopic (exact) mass is 425 g/mol. The van der Waals surface area contributed by atoms with Crippen molar-refractivity contribution < 1.29 is 13.9 Å². The second-order valence-electron chi connectivity index (χ2n) is 8.75. The van der Waals surface area contributed by atoms with E-state index >= 15 is 0 Å². The second kappa shape index (κ2) is 10.3. The molecule has 31 heavy (non-hydrogen) atoms. The highest BCUT2D eigenvalue weighted by Gasteiger charge is 2.27. The topological polar surface area (TPSA) is 45.7 Å². The van der Waals surface area contributed by atoms with E-state index in [0.29, 0.717) is 37.7 Å². The van der Waals surface area contributed by atoms with Crippen LogP contribution in [0.3, 0.4) is 0 Å². The Bertz CT molecular complexity index is 867. The number of morpholine rings is 1. The molecule has 1 aromatic carbocycles. The number of amides is 1. The molecule has 1 aliphatic carbocycles. The number of carbonyl (C=O) groups excluding carboxylic acids is 1. The van der Waals surface area contributed by atoms with E-state index in [1.807, 2.05) is 30.1 Å². The van der Waals surface area contributed by atoms with Crippen LogP contribution in [0, 0.1) is 5.82 Å². The van der Waals surface area contributed by atoms with Gasteiger partial charge >= 0.3 is 0 Å². The molecule has 0 bridgehead atoms. The summed E-state index contributed by atoms with van der Waals surface area (Å²) in [7, 11) is 1.95. The van der Waals surface area contributed by atoms with E-state index in [2.05, 4.69) is 9.88 Å². The molecular weight excluding hydrogens is 393 g/mol. The maximum atomic E-state index is 13.9. The quantitative estimate of drug-likeness (QED) is 0.703. The maximum Gasteiger partial charge on any atom is 0.236 e. The minimum Gasteiger partial charge on any atom is -0.369 e. The van der Waals surface area contributed by atoms with Crippen LogP contribution in [0.5, 0.6) is 0 Å². The van der Waals surface area contributed by atoms with Crippen LogP contribution in [-0.2, 0) is 16.0 Å². The van der Waals surface area contributed by atoms with Crippen LogP contribution in [0.4, 0.5) is 4.39 Å². The van der Waals surface area contributed by atoms with Gasteiger partial charge in [-0.25, -0.2) is 4.39 Å². The molecule has 1 saturated carbocycles. The van der Waals surface area contributed by atoms with Gasteiger partial charge in [0.1, 0.15) is 11.9 Å². The molecule has 5 nitrogen and oxygen atoms in total. The van der Waals surface area contributed by atoms with E-state index in [4.69, 9.17) is 4.74 Å². The molecule has 2 aromatic rings. The molecule has 0 N–H and O–H groups in total. The van der Waals surface area contributed by atoms with Crippen LogP contribution in [-0.4, -0.2) is 60.0 Å². The third-order valence-corrected chi connectivity index (χ3v) is 6.56. The molecule has 6 heteroatoms. The minimum atomic E-state index is -0.194. The highest BCUT2D eigenvalue weighted by molar-refractivity contribution is 5.78. The van der Waals surface area contributed by atoms with Crippen molar-refractivity contribution in [2.45, 2.75) is 50.7 Å². The van der Waals surface area contributed by atoms with Crippen LogP contribution in [0.15, 0.2) is 42.6 Å². The molecule has 1 aromatic heterocycles. The number of hydrogen-bond donors (Lipinski definition) is 0. The van der Waals surface area contributed by atoms with Gasteiger partial charge in [0.2, 0.25) is 5.91 Å². The number of halogens is 1. The lowest BCUT2D eigenvalue weighted by Gasteiger charge is -2.35. The molecule has 1 atom stereocenters. The van der Waals surface area contributed by atoms with Crippen molar-refractivity contribution >= 4 is 5.91 Å². The molecule has 4 rings (SSSR count). The van der Waals surface area contributed by atoms with Gasteiger partial charge in [-0.2, -0.15) is 0 Å². The van der Waals surface area contributed by atoms with Crippen LogP contribution >= 0.6 is 0 Å². The van der Waals surface area contributed by atoms with Crippen molar-refractivity contribution in [3.05, 3.63) is 65.2 Å². The molecule has 2 aliphatic rings. The Morgan fingerprint density at radius 3 is 2.74 bits per heavy atom. The van der Waals surface area contributed by atoms with E-state index in [1.54, 1.807) is 18.3 Å². The Labute approximate surface area is 184 Å². The molecule has 0 unspecified atom stereocenters. The normalized spacial score (nSPS) is 20.5. The molecule has 2 fully saturated rings. The van der Waals surface area contributed by atoms with Crippen molar-refractivity contribution in [2.75, 3.05) is 33.3 Å². The Hall–Kier alpha value is -2.31. The fraction of sp³-hybridized carbons (Fsp3) is 0.520. The van der Waals surface area contributed by atoms with Gasteiger partial charge in [0, 0.05) is 38.8 Å². The first-order valence-corrected chi connectivity index (χ1v) is 11.4. The highest BCUT2D eigenvalue weighted by atomic mass is 19.1. The summed E-state index contributed by atoms with van der Waals surface area (Å²) in [6.07, 6.45) is 8.14. The average Bonchev–Trinajstić information content (AvgIpc) is 2.81. The summed E-state index contributed by atoms with van der Waals surface area (Å²) in [5, 5.41) is 0. The number of likely N-dealkylation sites (N-methyl/N-ethyl adjacent to an activating group) is 1. The third kappa shape index (κ3) is 5.69. The number of aromatic nitrogens is 1. The SMILES string of the molecule is CN(C(=O)CN1CCO[C@@H](c2ccc(Cc3ccccc3F)cn2)C1)C1CCCCC1. The van der Waals surface area contributed by atoms with Crippen molar-refractivity contribution in [1.82, 2.24) is 14.8 Å². The van der Waals surface area contributed by atoms with E-state index < -0.39 is 0 Å². The van der Waals surface area contributed by atoms with Gasteiger partial charge in [-0.1, -0.05) is 43.5 Å². The fourth-order valence-electron chi connectivity index (χ4n) is 4.59. The first-order valence-electron chi connectivity index (χ1n) is 11.4. The largest absolute Gasteiger partial charge is 0.369 e. The van der Waals surface area contributed by atoms with Crippen LogP contribution in [0.2, 0.25) is 0 Å². The predicted molar refractivity (Wildman–Crippen MR) is 118 cm³/mol. The van der Waals surface area contributed by atoms with Gasteiger partial charge in [0.25, 0.3) is 0 Å². The molecule has 1 amide bonds. The number of pyridine rings is 1. The predicted octanol–water partition coefficient (Wildman–Crippen LogP) is 3.98. The molecule has 0 spiro atoms. The molecule has 2 heterocycles. The summed E-state index contributed by atoms with van der Waals surface area (Å²) in [5.74, 6) is 0.00133. The van der Waals surface area contributed by atoms with Crippen molar-refractivity contribution in [3.8, 4) is 0 Å². The summed E-state index contributed by atoms with van der Waals surface area (Å²) >= 11 is 0. The first-order chi connectivity index (χ1) is 15.1. The lowest BCUT2D eigenvalue weighted by atomic mass is 9.94. The minimum absolute atomic E-state index is 0.149. The van der Waals surface area contributed by atoms with Crippen LogP contribution in [0.1, 0.15) is 55.0 Å². The van der Waals surface area contributed by atoms with Crippen molar-refractivity contribution in [1.29, 1.82) is 0 Å². The third-order valence-electron chi connectivity index (χ3n) is 6.56. The zero-order valence-corrected chi connectivity index (χ0v) is 18.3. The lowest BCUT2D eigenvalue weighted by Crippen LogP contribution is -2.47. The van der Waals surface area contributed by atoms with Gasteiger partial charge in [-0.05, 0) is 36.1 Å². The maximum absolute atomic E-state index is 13.9. The Kier molecular flexibility index (Phi) is 7.30. The average molecular weight is 426 g/mol. The Morgan fingerprint density at radius 2 is 2.00 bits per heavy atom. The number of rotatable bonds is 6. The molecule has 1 aliphatic heterocycles. The van der Waals surface area contributed by atoms with Gasteiger partial charge in [-0.3, -0.25) is 14.7 Å². The van der Waals surface area contributed by atoms with Crippen LogP contribution < -0.4 is 0 Å². The number of ether oxygens (including phenoxy) is 1. The Morgan fingerprint density at radius 1 is 1.19 bits per heavy atom. The molecule has 166 valence electrons. The van der Waals surface area contributed by atoms with E-state index in [9.17, 15) is 9.18 Å². The molecule has 0 radical (unpaired) electrons. The van der Waals surface area contributed by atoms with E-state index in [-0.39, 0.29) is 17.8 Å². The smallest absolute Gasteiger partial charge is 0.236 e. The van der Waals surface area contributed by atoms with Gasteiger partial charge in [0.15, 0.2) is 0 Å². The van der Waals surface area contributed by atoms with Gasteiger partial charge < -0.3 is 9.64 Å². The lowest BCUT2D eigenvalue weighted by molar-refractivity contribution is -0.135. The standard InChI is InChI=1S/C25H32FN3O2/c1-28(21-8-3-2-4-9-21)25(30)18-29-13-14-31-24(17-29)23-12-11-19(16-27-23)15-20-7-5-6-10-22(20)26/h5-7,10-12,16,21,24H,2-4,8-9,13-15,17-18H2,1H3/t24-/m1/s1. The zero-order chi connectivity index (χ0) is 21.6. The highest BCUT2D eigenvalue weighted by Crippen LogP contribution is 2.24. The number of carbonyl (C=O) groups is 1. The summed E-state index contributed by atoms with van der Waals surface area (Å²) in [6.45, 7) is 2.43. The first kappa shape index (κ1) is 21.9. The van der Waals surface area contributed by atoms with E-state index in [0.717, 1.165) is 30.6 Å².